The highest BCUT2D eigenvalue weighted by atomic mass is 79.9. The second-order valence-electron chi connectivity index (χ2n) is 4.30. The van der Waals surface area contributed by atoms with E-state index in [9.17, 15) is 13.2 Å². The van der Waals surface area contributed by atoms with E-state index in [1.165, 1.54) is 12.1 Å². The molecule has 0 bridgehead atoms. The molecule has 0 saturated carbocycles. The largest absolute Gasteiger partial charge is 0.349 e. The zero-order valence-electron chi connectivity index (χ0n) is 11.1. The zero-order chi connectivity index (χ0) is 15.5. The van der Waals surface area contributed by atoms with Gasteiger partial charge >= 0.3 is 0 Å². The fraction of sp³-hybridized carbons (Fsp3) is 0.417. The number of amides is 1. The summed E-state index contributed by atoms with van der Waals surface area (Å²) in [5.74, 6) is -0.421. The Labute approximate surface area is 132 Å². The van der Waals surface area contributed by atoms with E-state index in [-0.39, 0.29) is 21.5 Å². The Balaban J connectivity index is 3.24. The number of carbonyl (C=O) groups excluding carboxylic acids is 1. The van der Waals surface area contributed by atoms with Gasteiger partial charge in [0.1, 0.15) is 0 Å². The zero-order valence-corrected chi connectivity index (χ0v) is 14.3. The Morgan fingerprint density at radius 2 is 1.95 bits per heavy atom. The Morgan fingerprint density at radius 3 is 2.40 bits per heavy atom. The number of sulfonamides is 1. The van der Waals surface area contributed by atoms with Crippen LogP contribution in [0.3, 0.4) is 0 Å². The van der Waals surface area contributed by atoms with Crippen LogP contribution < -0.4 is 10.5 Å². The number of hydrogen-bond donors (Lipinski definition) is 2. The average Bonchev–Trinajstić information content (AvgIpc) is 2.37. The van der Waals surface area contributed by atoms with E-state index in [0.717, 1.165) is 12.8 Å². The molecule has 1 aromatic rings. The summed E-state index contributed by atoms with van der Waals surface area (Å²) in [6.45, 7) is 3.90. The molecule has 0 saturated heterocycles. The maximum absolute atomic E-state index is 12.2. The van der Waals surface area contributed by atoms with Gasteiger partial charge in [-0.05, 0) is 40.9 Å². The minimum absolute atomic E-state index is 0.00971. The summed E-state index contributed by atoms with van der Waals surface area (Å²) >= 11 is 9.16. The molecule has 0 unspecified atom stereocenters. The van der Waals surface area contributed by atoms with Crippen LogP contribution in [0.2, 0.25) is 5.02 Å². The second kappa shape index (κ2) is 6.89. The Kier molecular flexibility index (Phi) is 6.00. The van der Waals surface area contributed by atoms with Gasteiger partial charge in [-0.1, -0.05) is 25.4 Å². The molecule has 5 nitrogen and oxygen atoms in total. The van der Waals surface area contributed by atoms with Gasteiger partial charge in [0, 0.05) is 10.5 Å². The van der Waals surface area contributed by atoms with Crippen molar-refractivity contribution >= 4 is 43.5 Å². The third kappa shape index (κ3) is 4.18. The number of nitrogens with one attached hydrogen (secondary N) is 1. The van der Waals surface area contributed by atoms with Crippen molar-refractivity contribution in [2.24, 2.45) is 5.14 Å². The Bertz CT molecular complexity index is 615. The van der Waals surface area contributed by atoms with Crippen molar-refractivity contribution in [3.05, 3.63) is 27.2 Å². The van der Waals surface area contributed by atoms with E-state index >= 15 is 0 Å². The third-order valence-electron chi connectivity index (χ3n) is 2.90. The summed E-state index contributed by atoms with van der Waals surface area (Å²) in [6.07, 6.45) is 1.55. The van der Waals surface area contributed by atoms with Crippen molar-refractivity contribution in [2.75, 3.05) is 0 Å². The average molecular weight is 384 g/mol. The van der Waals surface area contributed by atoms with Crippen LogP contribution in [0, 0.1) is 0 Å². The van der Waals surface area contributed by atoms with Gasteiger partial charge in [0.2, 0.25) is 10.0 Å². The molecule has 0 aromatic heterocycles. The van der Waals surface area contributed by atoms with Gasteiger partial charge in [-0.25, -0.2) is 13.6 Å². The molecule has 0 fully saturated rings. The van der Waals surface area contributed by atoms with Gasteiger partial charge in [-0.2, -0.15) is 0 Å². The molecule has 1 aromatic carbocycles. The van der Waals surface area contributed by atoms with Crippen LogP contribution in [-0.4, -0.2) is 20.4 Å². The molecule has 0 aliphatic rings. The lowest BCUT2D eigenvalue weighted by atomic mass is 10.1. The van der Waals surface area contributed by atoms with Crippen LogP contribution >= 0.6 is 27.5 Å². The summed E-state index contributed by atoms with van der Waals surface area (Å²) in [6, 6.07) is 2.46. The first-order valence-corrected chi connectivity index (χ1v) is 8.75. The van der Waals surface area contributed by atoms with Gasteiger partial charge in [-0.3, -0.25) is 4.79 Å². The lowest BCUT2D eigenvalue weighted by Gasteiger charge is -2.16. The maximum Gasteiger partial charge on any atom is 0.253 e. The molecule has 0 radical (unpaired) electrons. The normalized spacial score (nSPS) is 11.7. The fourth-order valence-corrected chi connectivity index (χ4v) is 3.02. The summed E-state index contributed by atoms with van der Waals surface area (Å²) < 4.78 is 23.1. The van der Waals surface area contributed by atoms with Gasteiger partial charge < -0.3 is 5.32 Å². The molecule has 20 heavy (non-hydrogen) atoms. The Morgan fingerprint density at radius 1 is 1.40 bits per heavy atom. The first-order chi connectivity index (χ1) is 9.20. The van der Waals surface area contributed by atoms with Gasteiger partial charge in [-0.15, -0.1) is 0 Å². The van der Waals surface area contributed by atoms with E-state index < -0.39 is 15.9 Å². The van der Waals surface area contributed by atoms with Crippen molar-refractivity contribution in [3.63, 3.8) is 0 Å². The van der Waals surface area contributed by atoms with Crippen LogP contribution in [0.4, 0.5) is 0 Å². The van der Waals surface area contributed by atoms with Gasteiger partial charge in [0.05, 0.1) is 15.5 Å². The maximum atomic E-state index is 12.2. The first kappa shape index (κ1) is 17.4. The van der Waals surface area contributed by atoms with Crippen molar-refractivity contribution in [2.45, 2.75) is 37.6 Å². The van der Waals surface area contributed by atoms with Gasteiger partial charge in [0.15, 0.2) is 0 Å². The molecule has 112 valence electrons. The van der Waals surface area contributed by atoms with Crippen LogP contribution in [0.5, 0.6) is 0 Å². The van der Waals surface area contributed by atoms with Gasteiger partial charge in [0.25, 0.3) is 5.91 Å². The summed E-state index contributed by atoms with van der Waals surface area (Å²) in [5.41, 5.74) is 0.0805. The fourth-order valence-electron chi connectivity index (χ4n) is 1.65. The quantitative estimate of drug-likeness (QED) is 0.819. The van der Waals surface area contributed by atoms with Crippen LogP contribution in [0.25, 0.3) is 0 Å². The van der Waals surface area contributed by atoms with Crippen molar-refractivity contribution in [1.29, 1.82) is 0 Å². The summed E-state index contributed by atoms with van der Waals surface area (Å²) in [4.78, 5) is 12.0. The van der Waals surface area contributed by atoms with E-state index in [1.807, 2.05) is 13.8 Å². The number of primary sulfonamides is 1. The number of hydrogen-bond acceptors (Lipinski definition) is 3. The van der Waals surface area contributed by atoms with Crippen molar-refractivity contribution < 1.29 is 13.2 Å². The van der Waals surface area contributed by atoms with Crippen molar-refractivity contribution in [1.82, 2.24) is 5.32 Å². The highest BCUT2D eigenvalue weighted by molar-refractivity contribution is 9.10. The summed E-state index contributed by atoms with van der Waals surface area (Å²) in [7, 11) is -3.91. The number of rotatable bonds is 5. The predicted molar refractivity (Wildman–Crippen MR) is 82.4 cm³/mol. The minimum atomic E-state index is -3.91. The predicted octanol–water partition coefficient (Wildman–Crippen LogP) is 2.67. The molecule has 0 aliphatic heterocycles. The number of benzene rings is 1. The lowest BCUT2D eigenvalue weighted by Crippen LogP contribution is -2.34. The third-order valence-corrected chi connectivity index (χ3v) is 5.05. The standard InChI is InChI=1S/C12H16BrClN2O3S/c1-3-7(4-2)16-12(17)9-5-8(20(15,18)19)6-10(13)11(9)14/h5-7H,3-4H2,1-2H3,(H,16,17)(H2,15,18,19). The van der Waals surface area contributed by atoms with E-state index in [2.05, 4.69) is 21.2 Å². The number of carbonyl (C=O) groups is 1. The monoisotopic (exact) mass is 382 g/mol. The molecular weight excluding hydrogens is 368 g/mol. The molecule has 1 amide bonds. The number of nitrogens with two attached hydrogens (primary N) is 1. The van der Waals surface area contributed by atoms with Crippen LogP contribution in [0.1, 0.15) is 37.0 Å². The highest BCUT2D eigenvalue weighted by Crippen LogP contribution is 2.29. The molecule has 0 spiro atoms. The lowest BCUT2D eigenvalue weighted by molar-refractivity contribution is 0.0934. The highest BCUT2D eigenvalue weighted by Gasteiger charge is 2.20. The molecule has 3 N–H and O–H groups in total. The first-order valence-electron chi connectivity index (χ1n) is 6.03. The SMILES string of the molecule is CCC(CC)NC(=O)c1cc(S(N)(=O)=O)cc(Br)c1Cl. The minimum Gasteiger partial charge on any atom is -0.349 e. The number of halogens is 2. The molecule has 0 aliphatic carbocycles. The molecule has 0 heterocycles. The summed E-state index contributed by atoms with van der Waals surface area (Å²) in [5, 5.41) is 8.03. The van der Waals surface area contributed by atoms with Crippen molar-refractivity contribution in [3.8, 4) is 0 Å². The Hall–Kier alpha value is -0.630. The smallest absolute Gasteiger partial charge is 0.253 e. The molecule has 8 heteroatoms. The van der Waals surface area contributed by atoms with Crippen LogP contribution in [-0.2, 0) is 10.0 Å². The van der Waals surface area contributed by atoms with Crippen LogP contribution in [0.15, 0.2) is 21.5 Å². The molecular formula is C12H16BrClN2O3S. The molecule has 1 rings (SSSR count). The molecule has 0 atom stereocenters. The van der Waals surface area contributed by atoms with E-state index in [0.29, 0.717) is 4.47 Å². The second-order valence-corrected chi connectivity index (χ2v) is 7.09. The van der Waals surface area contributed by atoms with E-state index in [1.54, 1.807) is 0 Å². The topological polar surface area (TPSA) is 89.3 Å². The van der Waals surface area contributed by atoms with E-state index in [4.69, 9.17) is 16.7 Å².